The van der Waals surface area contributed by atoms with Gasteiger partial charge >= 0.3 is 5.97 Å². The highest BCUT2D eigenvalue weighted by Crippen LogP contribution is 2.57. The molecule has 0 heterocycles. The van der Waals surface area contributed by atoms with Crippen LogP contribution in [0.3, 0.4) is 0 Å². The number of hydrogen-bond acceptors (Lipinski definition) is 11. The number of aliphatic hydroxyl groups is 3. The normalized spacial score (nSPS) is 28.9. The van der Waals surface area contributed by atoms with Gasteiger partial charge in [-0.1, -0.05) is 34.6 Å². The van der Waals surface area contributed by atoms with Gasteiger partial charge in [-0.2, -0.15) is 0 Å². The number of primary amides is 1. The van der Waals surface area contributed by atoms with E-state index >= 15 is 0 Å². The number of amides is 1. The Hall–Kier alpha value is -3.74. The number of carbonyl (C=O) groups excluding carboxylic acids is 4. The van der Waals surface area contributed by atoms with E-state index in [1.807, 2.05) is 20.8 Å². The fourth-order valence-corrected chi connectivity index (χ4v) is 7.07. The monoisotopic (exact) mass is 600 g/mol. The van der Waals surface area contributed by atoms with Crippen molar-refractivity contribution in [3.8, 4) is 5.75 Å². The van der Waals surface area contributed by atoms with Gasteiger partial charge in [0.25, 0.3) is 5.91 Å². The lowest BCUT2D eigenvalue weighted by Gasteiger charge is -2.54. The molecule has 0 fully saturated rings. The highest BCUT2D eigenvalue weighted by atomic mass is 16.5. The maximum Gasteiger partial charge on any atom is 0.305 e. The summed E-state index contributed by atoms with van der Waals surface area (Å²) in [6.07, 6.45) is -1.55. The number of benzene rings is 1. The number of esters is 1. The van der Waals surface area contributed by atoms with E-state index in [0.29, 0.717) is 16.7 Å². The Morgan fingerprint density at radius 1 is 1.14 bits per heavy atom. The van der Waals surface area contributed by atoms with E-state index < -0.39 is 87.0 Å². The zero-order chi connectivity index (χ0) is 32.5. The molecule has 0 saturated carbocycles. The second-order valence-corrected chi connectivity index (χ2v) is 12.8. The van der Waals surface area contributed by atoms with Crippen LogP contribution < -0.4 is 5.73 Å². The largest absolute Gasteiger partial charge is 0.510 e. The predicted octanol–water partition coefficient (Wildman–Crippen LogP) is 2.06. The maximum absolute atomic E-state index is 14.4. The van der Waals surface area contributed by atoms with Crippen molar-refractivity contribution in [2.45, 2.75) is 76.7 Å². The van der Waals surface area contributed by atoms with E-state index in [-0.39, 0.29) is 24.3 Å². The van der Waals surface area contributed by atoms with Crippen molar-refractivity contribution in [1.29, 1.82) is 0 Å². The van der Waals surface area contributed by atoms with Crippen LogP contribution in [0.15, 0.2) is 28.7 Å². The quantitative estimate of drug-likeness (QED) is 0.237. The molecule has 43 heavy (non-hydrogen) atoms. The van der Waals surface area contributed by atoms with Gasteiger partial charge in [-0.15, -0.1) is 0 Å². The van der Waals surface area contributed by atoms with Crippen LogP contribution in [0, 0.1) is 11.8 Å². The third kappa shape index (κ3) is 4.54. The molecule has 0 radical (unpaired) electrons. The number of carbonyl (C=O) groups is 4. The molecule has 0 aromatic heterocycles. The number of hydrogen-bond donors (Lipinski definition) is 5. The molecule has 1 aromatic rings. The number of nitrogens with two attached hydrogens (primary N) is 1. The molecule has 0 aliphatic heterocycles. The number of rotatable bonds is 6. The average molecular weight is 601 g/mol. The van der Waals surface area contributed by atoms with Crippen molar-refractivity contribution in [1.82, 2.24) is 4.90 Å². The van der Waals surface area contributed by atoms with Crippen LogP contribution in [0.4, 0.5) is 0 Å². The van der Waals surface area contributed by atoms with Gasteiger partial charge in [0, 0.05) is 30.6 Å². The molecule has 4 rings (SSSR count). The standard InChI is InChI=1S/C31H40N2O10/c1-9-15(34)43-26-17-12(2)16-13(11-42-8)10-14(30(3,4)5)23(35)18(16)24(36)19(17)27(38)31(41)21(26)22(33(6)7)25(37)20(28(31)39)29(32)40/h10,12,17,21-22,26,35,37-38,41H,9,11H2,1-8H3,(H2,32,40). The Labute approximate surface area is 249 Å². The minimum atomic E-state index is -2.99. The molecule has 0 bridgehead atoms. The van der Waals surface area contributed by atoms with Gasteiger partial charge in [0.15, 0.2) is 11.4 Å². The molecule has 6 unspecified atom stereocenters. The summed E-state index contributed by atoms with van der Waals surface area (Å²) >= 11 is 0. The zero-order valence-electron chi connectivity index (χ0n) is 25.6. The first-order valence-corrected chi connectivity index (χ1v) is 14.1. The van der Waals surface area contributed by atoms with Crippen LogP contribution in [0.25, 0.3) is 0 Å². The molecular formula is C31H40N2O10. The molecule has 3 aliphatic rings. The Bertz CT molecular complexity index is 1480. The number of aliphatic hydroxyl groups excluding tert-OH is 2. The van der Waals surface area contributed by atoms with Gasteiger partial charge in [-0.3, -0.25) is 24.1 Å². The number of Topliss-reactive ketones (excluding diaryl/α,β-unsaturated/α-hetero) is 2. The molecule has 1 amide bonds. The van der Waals surface area contributed by atoms with Crippen LogP contribution in [0.1, 0.15) is 74.0 Å². The minimum absolute atomic E-state index is 0.0676. The number of likely N-dealkylation sites (N-methyl/N-ethyl adjacent to an activating group) is 1. The molecule has 12 nitrogen and oxygen atoms in total. The first-order chi connectivity index (χ1) is 19.9. The molecule has 12 heteroatoms. The summed E-state index contributed by atoms with van der Waals surface area (Å²) in [5.74, 6) is -9.96. The Balaban J connectivity index is 2.16. The van der Waals surface area contributed by atoms with E-state index in [4.69, 9.17) is 15.2 Å². The van der Waals surface area contributed by atoms with Crippen LogP contribution in [0.5, 0.6) is 5.75 Å². The lowest BCUT2D eigenvalue weighted by atomic mass is 9.54. The third-order valence-electron chi connectivity index (χ3n) is 8.95. The van der Waals surface area contributed by atoms with Gasteiger partial charge < -0.3 is 35.6 Å². The van der Waals surface area contributed by atoms with Crippen LogP contribution in [-0.2, 0) is 35.9 Å². The fraction of sp³-hybridized carbons (Fsp3) is 0.548. The minimum Gasteiger partial charge on any atom is -0.510 e. The van der Waals surface area contributed by atoms with E-state index in [1.165, 1.54) is 33.0 Å². The zero-order valence-corrected chi connectivity index (χ0v) is 25.6. The molecule has 3 aliphatic carbocycles. The van der Waals surface area contributed by atoms with Gasteiger partial charge in [0.05, 0.1) is 24.1 Å². The van der Waals surface area contributed by atoms with Crippen LogP contribution in [-0.4, -0.2) is 87.7 Å². The lowest BCUT2D eigenvalue weighted by molar-refractivity contribution is -0.180. The van der Waals surface area contributed by atoms with Crippen molar-refractivity contribution in [3.05, 3.63) is 51.0 Å². The van der Waals surface area contributed by atoms with Gasteiger partial charge in [0.2, 0.25) is 5.78 Å². The van der Waals surface area contributed by atoms with Crippen molar-refractivity contribution < 1.29 is 49.1 Å². The number of aromatic hydroxyl groups is 1. The predicted molar refractivity (Wildman–Crippen MR) is 153 cm³/mol. The Morgan fingerprint density at radius 3 is 2.23 bits per heavy atom. The first kappa shape index (κ1) is 32.2. The van der Waals surface area contributed by atoms with Gasteiger partial charge in [0.1, 0.15) is 28.9 Å². The molecule has 6 N–H and O–H groups in total. The number of fused-ring (bicyclic) bond motifs is 3. The summed E-state index contributed by atoms with van der Waals surface area (Å²) in [6, 6.07) is 0.408. The molecule has 0 spiro atoms. The summed E-state index contributed by atoms with van der Waals surface area (Å²) in [5.41, 5.74) is 1.74. The second-order valence-electron chi connectivity index (χ2n) is 12.8. The number of phenols is 1. The van der Waals surface area contributed by atoms with E-state index in [9.17, 15) is 39.6 Å². The van der Waals surface area contributed by atoms with Crippen LogP contribution >= 0.6 is 0 Å². The first-order valence-electron chi connectivity index (χ1n) is 14.1. The number of phenolic OH excluding ortho intramolecular Hbond substituents is 1. The molecule has 6 atom stereocenters. The SMILES string of the molecule is CCC(=O)OC1C2C(=C(O)C3(O)C(=O)C(C(N)=O)=C(O)C(N(C)C)C13)C(=O)c1c(O)c(C(C)(C)C)cc(COC)c1C2C. The highest BCUT2D eigenvalue weighted by molar-refractivity contribution is 6.25. The summed E-state index contributed by atoms with van der Waals surface area (Å²) in [5, 5.41) is 46.6. The molecule has 234 valence electrons. The molecule has 1 aromatic carbocycles. The topological polar surface area (TPSA) is 197 Å². The fourth-order valence-electron chi connectivity index (χ4n) is 7.07. The van der Waals surface area contributed by atoms with Gasteiger partial charge in [-0.05, 0) is 42.6 Å². The lowest BCUT2D eigenvalue weighted by Crippen LogP contribution is -2.69. The number of ketones is 2. The Morgan fingerprint density at radius 2 is 1.74 bits per heavy atom. The number of methoxy groups -OCH3 is 1. The number of nitrogens with zero attached hydrogens (tertiary/aromatic N) is 1. The molecular weight excluding hydrogens is 560 g/mol. The summed E-state index contributed by atoms with van der Waals surface area (Å²) < 4.78 is 11.3. The van der Waals surface area contributed by atoms with E-state index in [0.717, 1.165) is 0 Å². The summed E-state index contributed by atoms with van der Waals surface area (Å²) in [4.78, 5) is 54.9. The van der Waals surface area contributed by atoms with Crippen molar-refractivity contribution >= 4 is 23.4 Å². The highest BCUT2D eigenvalue weighted by Gasteiger charge is 2.68. The number of ether oxygens (including phenoxy) is 2. The summed E-state index contributed by atoms with van der Waals surface area (Å²) in [7, 11) is 4.48. The van der Waals surface area contributed by atoms with Gasteiger partial charge in [-0.25, -0.2) is 0 Å². The van der Waals surface area contributed by atoms with Crippen molar-refractivity contribution in [2.75, 3.05) is 21.2 Å². The van der Waals surface area contributed by atoms with Crippen molar-refractivity contribution in [3.63, 3.8) is 0 Å². The van der Waals surface area contributed by atoms with Crippen molar-refractivity contribution in [2.24, 2.45) is 17.6 Å². The third-order valence-corrected chi connectivity index (χ3v) is 8.95. The van der Waals surface area contributed by atoms with Crippen LogP contribution in [0.2, 0.25) is 0 Å². The molecule has 0 saturated heterocycles. The smallest absolute Gasteiger partial charge is 0.305 e. The average Bonchev–Trinajstić information content (AvgIpc) is 2.90. The second kappa shape index (κ2) is 10.8. The Kier molecular flexibility index (Phi) is 8.05. The van der Waals surface area contributed by atoms with E-state index in [1.54, 1.807) is 13.0 Å². The van der Waals surface area contributed by atoms with E-state index in [2.05, 4.69) is 0 Å². The summed E-state index contributed by atoms with van der Waals surface area (Å²) in [6.45, 7) is 8.87. The maximum atomic E-state index is 14.4.